The topological polar surface area (TPSA) is 134 Å². The summed E-state index contributed by atoms with van der Waals surface area (Å²) in [4.78, 5) is 55.1. The Morgan fingerprint density at radius 2 is 1.89 bits per heavy atom. The van der Waals surface area contributed by atoms with Gasteiger partial charge in [-0.3, -0.25) is 29.3 Å². The van der Waals surface area contributed by atoms with E-state index in [1.807, 2.05) is 25.4 Å². The maximum atomic E-state index is 14.2. The molecule has 17 heteroatoms. The SMILES string of the molecule is CO[C@@H](C)c1ncc(N2CCN(CC(F)(F)F)CC2)cc1-c1c2c3cc(cc4c3n1CCC4)-c1csc(n1)C[C@H](NC(=O)[C@H]1C[C@@H]1C)C(=O)N1CCC[C@H](N1)C(=O)OCC(C)(C)C2. The molecule has 6 bridgehead atoms. The van der Waals surface area contributed by atoms with Crippen LogP contribution in [0.5, 0.6) is 0 Å². The Kier molecular flexibility index (Phi) is 11.8. The average molecular weight is 891 g/mol. The molecule has 63 heavy (non-hydrogen) atoms. The molecule has 2 amide bonds. The molecular weight excluding hydrogens is 834 g/mol. The molecule has 3 fully saturated rings. The van der Waals surface area contributed by atoms with Crippen LogP contribution in [0, 0.1) is 17.3 Å². The number of nitrogens with one attached hydrogen (secondary N) is 2. The highest BCUT2D eigenvalue weighted by molar-refractivity contribution is 7.10. The highest BCUT2D eigenvalue weighted by atomic mass is 32.1. The van der Waals surface area contributed by atoms with Gasteiger partial charge in [-0.15, -0.1) is 11.3 Å². The Labute approximate surface area is 369 Å². The van der Waals surface area contributed by atoms with Gasteiger partial charge in [-0.1, -0.05) is 20.8 Å². The molecule has 5 aliphatic rings. The van der Waals surface area contributed by atoms with E-state index in [0.717, 1.165) is 81.2 Å². The van der Waals surface area contributed by atoms with Crippen LogP contribution in [-0.4, -0.2) is 113 Å². The predicted molar refractivity (Wildman–Crippen MR) is 234 cm³/mol. The molecule has 0 unspecified atom stereocenters. The second-order valence-electron chi connectivity index (χ2n) is 19.0. The molecule has 338 valence electrons. The number of nitrogens with zero attached hydrogens (tertiary/aromatic N) is 6. The largest absolute Gasteiger partial charge is 0.464 e. The third-order valence-electron chi connectivity index (χ3n) is 13.5. The van der Waals surface area contributed by atoms with E-state index >= 15 is 0 Å². The Morgan fingerprint density at radius 1 is 1.11 bits per heavy atom. The van der Waals surface area contributed by atoms with E-state index in [4.69, 9.17) is 19.4 Å². The molecule has 1 aromatic carbocycles. The van der Waals surface area contributed by atoms with Crippen LogP contribution in [0.3, 0.4) is 0 Å². The molecule has 2 saturated heterocycles. The van der Waals surface area contributed by atoms with Crippen molar-refractivity contribution >= 4 is 45.7 Å². The number of piperazine rings is 1. The molecule has 1 aliphatic carbocycles. The van der Waals surface area contributed by atoms with Crippen molar-refractivity contribution in [2.24, 2.45) is 17.3 Å². The Balaban J connectivity index is 1.16. The second-order valence-corrected chi connectivity index (χ2v) is 19.9. The third-order valence-corrected chi connectivity index (χ3v) is 14.4. The number of cyclic esters (lactones) is 1. The number of rotatable bonds is 7. The summed E-state index contributed by atoms with van der Waals surface area (Å²) in [5.41, 5.74) is 11.2. The van der Waals surface area contributed by atoms with Crippen molar-refractivity contribution in [3.05, 3.63) is 51.6 Å². The fourth-order valence-corrected chi connectivity index (χ4v) is 10.7. The van der Waals surface area contributed by atoms with Crippen molar-refractivity contribution < 1.29 is 37.0 Å². The van der Waals surface area contributed by atoms with E-state index in [0.29, 0.717) is 38.9 Å². The van der Waals surface area contributed by atoms with Gasteiger partial charge in [-0.05, 0) is 80.7 Å². The Hall–Kier alpha value is -4.58. The molecule has 4 aromatic rings. The monoisotopic (exact) mass is 890 g/mol. The van der Waals surface area contributed by atoms with Gasteiger partial charge < -0.3 is 24.3 Å². The number of hydrogen-bond donors (Lipinski definition) is 2. The molecular formula is C46H57F3N8O5S. The van der Waals surface area contributed by atoms with Crippen LogP contribution in [0.4, 0.5) is 18.9 Å². The molecule has 0 spiro atoms. The number of alkyl halides is 3. The number of esters is 1. The first-order valence-electron chi connectivity index (χ1n) is 22.3. The van der Waals surface area contributed by atoms with Crippen LogP contribution in [0.2, 0.25) is 0 Å². The average Bonchev–Trinajstić information content (AvgIpc) is 3.68. The number of hydrazine groups is 1. The summed E-state index contributed by atoms with van der Waals surface area (Å²) in [5.74, 6) is -0.736. The first kappa shape index (κ1) is 43.7. The van der Waals surface area contributed by atoms with Crippen molar-refractivity contribution in [2.45, 2.75) is 104 Å². The number of amides is 2. The summed E-state index contributed by atoms with van der Waals surface area (Å²) in [6.07, 6.45) is 1.57. The summed E-state index contributed by atoms with van der Waals surface area (Å²) in [6, 6.07) is 4.96. The van der Waals surface area contributed by atoms with Crippen LogP contribution in [-0.2, 0) is 49.7 Å². The van der Waals surface area contributed by atoms with E-state index in [1.165, 1.54) is 26.8 Å². The number of carbonyl (C=O) groups excluding carboxylic acids is 3. The molecule has 3 aromatic heterocycles. The van der Waals surface area contributed by atoms with Crippen LogP contribution in [0.1, 0.15) is 81.3 Å². The van der Waals surface area contributed by atoms with Crippen LogP contribution >= 0.6 is 11.3 Å². The van der Waals surface area contributed by atoms with Crippen LogP contribution < -0.4 is 15.6 Å². The lowest BCUT2D eigenvalue weighted by atomic mass is 9.84. The predicted octanol–water partition coefficient (Wildman–Crippen LogP) is 6.47. The number of carbonyl (C=O) groups is 3. The maximum absolute atomic E-state index is 14.2. The number of methoxy groups -OCH3 is 1. The van der Waals surface area contributed by atoms with Crippen LogP contribution in [0.25, 0.3) is 33.4 Å². The zero-order valence-electron chi connectivity index (χ0n) is 36.6. The van der Waals surface area contributed by atoms with Crippen molar-refractivity contribution in [3.8, 4) is 22.5 Å². The lowest BCUT2D eigenvalue weighted by Gasteiger charge is -2.36. The number of aryl methyl sites for hydroxylation is 2. The lowest BCUT2D eigenvalue weighted by molar-refractivity contribution is -0.155. The number of ether oxygens (including phenoxy) is 2. The number of halogens is 3. The van der Waals surface area contributed by atoms with Crippen LogP contribution in [0.15, 0.2) is 29.8 Å². The van der Waals surface area contributed by atoms with E-state index in [1.54, 1.807) is 7.11 Å². The summed E-state index contributed by atoms with van der Waals surface area (Å²) in [5, 5.41) is 8.32. The molecule has 4 aliphatic heterocycles. The maximum Gasteiger partial charge on any atom is 0.401 e. The van der Waals surface area contributed by atoms with Crippen molar-refractivity contribution in [2.75, 3.05) is 57.9 Å². The van der Waals surface area contributed by atoms with Gasteiger partial charge in [0, 0.05) is 86.0 Å². The molecule has 9 rings (SSSR count). The van der Waals surface area contributed by atoms with Gasteiger partial charge in [0.05, 0.1) is 58.7 Å². The first-order chi connectivity index (χ1) is 30.1. The van der Waals surface area contributed by atoms with Gasteiger partial charge in [0.1, 0.15) is 12.1 Å². The summed E-state index contributed by atoms with van der Waals surface area (Å²) >= 11 is 1.46. The summed E-state index contributed by atoms with van der Waals surface area (Å²) in [7, 11) is 1.66. The van der Waals surface area contributed by atoms with Crippen molar-refractivity contribution in [1.29, 1.82) is 0 Å². The molecule has 7 heterocycles. The van der Waals surface area contributed by atoms with Gasteiger partial charge in [-0.25, -0.2) is 10.4 Å². The van der Waals surface area contributed by atoms with Crippen molar-refractivity contribution in [3.63, 3.8) is 0 Å². The van der Waals surface area contributed by atoms with E-state index in [-0.39, 0.29) is 55.9 Å². The highest BCUT2D eigenvalue weighted by Crippen LogP contribution is 2.46. The first-order valence-corrected chi connectivity index (χ1v) is 23.2. The zero-order chi connectivity index (χ0) is 44.4. The van der Waals surface area contributed by atoms with Gasteiger partial charge in [0.2, 0.25) is 5.91 Å². The normalized spacial score (nSPS) is 24.8. The Bertz CT molecular complexity index is 2410. The number of aromatic nitrogens is 3. The quantitative estimate of drug-likeness (QED) is 0.199. The van der Waals surface area contributed by atoms with E-state index < -0.39 is 36.2 Å². The lowest BCUT2D eigenvalue weighted by Crippen LogP contribution is -2.60. The third kappa shape index (κ3) is 9.07. The molecule has 5 atom stereocenters. The number of benzene rings is 1. The number of anilines is 1. The fraction of sp³-hybridized carbons (Fsp3) is 0.587. The zero-order valence-corrected chi connectivity index (χ0v) is 37.5. The number of hydrogen-bond acceptors (Lipinski definition) is 11. The molecule has 0 radical (unpaired) electrons. The fourth-order valence-electron chi connectivity index (χ4n) is 9.88. The minimum absolute atomic E-state index is 0.117. The number of pyridine rings is 1. The summed E-state index contributed by atoms with van der Waals surface area (Å²) < 4.78 is 54.3. The van der Waals surface area contributed by atoms with Gasteiger partial charge in [0.25, 0.3) is 5.91 Å². The molecule has 1 saturated carbocycles. The van der Waals surface area contributed by atoms with Gasteiger partial charge >= 0.3 is 12.1 Å². The van der Waals surface area contributed by atoms with E-state index in [2.05, 4.69) is 52.3 Å². The van der Waals surface area contributed by atoms with Gasteiger partial charge in [-0.2, -0.15) is 13.2 Å². The van der Waals surface area contributed by atoms with Crippen molar-refractivity contribution in [1.82, 2.24) is 35.2 Å². The minimum atomic E-state index is -4.25. The smallest absolute Gasteiger partial charge is 0.401 e. The molecule has 2 N–H and O–H groups in total. The summed E-state index contributed by atoms with van der Waals surface area (Å²) in [6.45, 7) is 9.97. The molecule has 13 nitrogen and oxygen atoms in total. The number of fused-ring (bicyclic) bond motifs is 6. The minimum Gasteiger partial charge on any atom is -0.464 e. The standard InChI is InChI=1S/C46H57F3N8O5S/c1-26-16-31(26)42(58)52-36-20-38-51-37(23-63-38)29-17-28-8-6-10-56-40(28)32(18-29)34(21-45(3,4)25-62-44(60)35-9-7-11-57(53-35)43(36)59)41(56)33-19-30(22-50-39(33)27(2)61-5)55-14-12-54(13-15-55)24-46(47,48)49/h17-19,22-23,26-27,31,35-36,53H,6-16,20-21,24-25H2,1-5H3,(H,52,58)/t26-,27-,31-,35-,36-/m0/s1. The van der Waals surface area contributed by atoms with Gasteiger partial charge in [0.15, 0.2) is 0 Å². The van der Waals surface area contributed by atoms with E-state index in [9.17, 15) is 27.6 Å². The highest BCUT2D eigenvalue weighted by Gasteiger charge is 2.42. The Morgan fingerprint density at radius 3 is 2.62 bits per heavy atom. The second kappa shape index (κ2) is 17.1. The number of thiazole rings is 1.